The van der Waals surface area contributed by atoms with Crippen LogP contribution < -0.4 is 4.74 Å². The predicted molar refractivity (Wildman–Crippen MR) is 78.8 cm³/mol. The molecule has 0 saturated carbocycles. The van der Waals surface area contributed by atoms with E-state index in [1.54, 1.807) is 25.3 Å². The number of likely N-dealkylation sites (tertiary alicyclic amines) is 1. The van der Waals surface area contributed by atoms with E-state index >= 15 is 0 Å². The SMILES string of the molecule is COc1ccc(CN2C[C@H](O)C[C@H]2c2ccc(F)cc2)nn1. The molecule has 1 aromatic heterocycles. The van der Waals surface area contributed by atoms with Gasteiger partial charge in [-0.2, -0.15) is 5.10 Å². The molecule has 1 aliphatic heterocycles. The van der Waals surface area contributed by atoms with Crippen LogP contribution in [0.15, 0.2) is 36.4 Å². The number of hydrogen-bond acceptors (Lipinski definition) is 5. The summed E-state index contributed by atoms with van der Waals surface area (Å²) in [6.45, 7) is 1.14. The Labute approximate surface area is 128 Å². The van der Waals surface area contributed by atoms with Crippen molar-refractivity contribution in [3.63, 3.8) is 0 Å². The molecule has 3 rings (SSSR count). The van der Waals surface area contributed by atoms with Crippen molar-refractivity contribution in [2.45, 2.75) is 25.1 Å². The van der Waals surface area contributed by atoms with Gasteiger partial charge in [0.1, 0.15) is 5.82 Å². The Hall–Kier alpha value is -2.05. The van der Waals surface area contributed by atoms with Crippen LogP contribution in [0.3, 0.4) is 0 Å². The molecule has 0 spiro atoms. The number of ether oxygens (including phenoxy) is 1. The molecule has 1 aromatic carbocycles. The molecule has 2 aromatic rings. The van der Waals surface area contributed by atoms with Crippen molar-refractivity contribution in [2.75, 3.05) is 13.7 Å². The number of methoxy groups -OCH3 is 1. The van der Waals surface area contributed by atoms with Crippen LogP contribution >= 0.6 is 0 Å². The summed E-state index contributed by atoms with van der Waals surface area (Å²) in [6.07, 6.45) is 0.246. The van der Waals surface area contributed by atoms with Crippen molar-refractivity contribution in [2.24, 2.45) is 0 Å². The number of rotatable bonds is 4. The topological polar surface area (TPSA) is 58.5 Å². The average molecular weight is 303 g/mol. The zero-order valence-corrected chi connectivity index (χ0v) is 12.3. The first-order valence-electron chi connectivity index (χ1n) is 7.20. The Morgan fingerprint density at radius 1 is 1.23 bits per heavy atom. The third-order valence-corrected chi connectivity index (χ3v) is 3.91. The van der Waals surface area contributed by atoms with Gasteiger partial charge >= 0.3 is 0 Å². The molecule has 0 amide bonds. The van der Waals surface area contributed by atoms with Gasteiger partial charge in [0.25, 0.3) is 0 Å². The van der Waals surface area contributed by atoms with Crippen LogP contribution in [0, 0.1) is 5.82 Å². The predicted octanol–water partition coefficient (Wildman–Crippen LogP) is 1.93. The van der Waals surface area contributed by atoms with Crippen LogP contribution in [0.25, 0.3) is 0 Å². The third kappa shape index (κ3) is 3.23. The summed E-state index contributed by atoms with van der Waals surface area (Å²) in [6, 6.07) is 10.1. The maximum atomic E-state index is 13.1. The number of aliphatic hydroxyl groups is 1. The average Bonchev–Trinajstić information content (AvgIpc) is 2.89. The van der Waals surface area contributed by atoms with Crippen LogP contribution in [-0.2, 0) is 6.54 Å². The molecule has 1 fully saturated rings. The Bertz CT molecular complexity index is 618. The summed E-state index contributed by atoms with van der Waals surface area (Å²) in [4.78, 5) is 2.13. The van der Waals surface area contributed by atoms with Gasteiger partial charge in [-0.1, -0.05) is 12.1 Å². The largest absolute Gasteiger partial charge is 0.480 e. The summed E-state index contributed by atoms with van der Waals surface area (Å²) < 4.78 is 18.1. The molecule has 0 bridgehead atoms. The van der Waals surface area contributed by atoms with Crippen molar-refractivity contribution in [3.8, 4) is 5.88 Å². The molecule has 5 nitrogen and oxygen atoms in total. The molecule has 1 aliphatic rings. The van der Waals surface area contributed by atoms with E-state index in [1.165, 1.54) is 12.1 Å². The van der Waals surface area contributed by atoms with E-state index in [0.29, 0.717) is 25.4 Å². The van der Waals surface area contributed by atoms with Gasteiger partial charge in [0.15, 0.2) is 0 Å². The fraction of sp³-hybridized carbons (Fsp3) is 0.375. The van der Waals surface area contributed by atoms with Crippen molar-refractivity contribution in [3.05, 3.63) is 53.5 Å². The second-order valence-electron chi connectivity index (χ2n) is 5.45. The van der Waals surface area contributed by atoms with Gasteiger partial charge in [-0.25, -0.2) is 4.39 Å². The second kappa shape index (κ2) is 6.37. The summed E-state index contributed by atoms with van der Waals surface area (Å²) in [5.74, 6) is 0.218. The fourth-order valence-corrected chi connectivity index (χ4v) is 2.83. The summed E-state index contributed by atoms with van der Waals surface area (Å²) in [7, 11) is 1.55. The van der Waals surface area contributed by atoms with E-state index in [1.807, 2.05) is 6.07 Å². The Morgan fingerprint density at radius 2 is 2.00 bits per heavy atom. The van der Waals surface area contributed by atoms with E-state index in [-0.39, 0.29) is 18.0 Å². The van der Waals surface area contributed by atoms with Gasteiger partial charge in [-0.05, 0) is 30.2 Å². The molecular weight excluding hydrogens is 285 g/mol. The molecule has 0 unspecified atom stereocenters. The Balaban J connectivity index is 1.76. The Kier molecular flexibility index (Phi) is 4.31. The number of hydrogen-bond donors (Lipinski definition) is 1. The maximum absolute atomic E-state index is 13.1. The monoisotopic (exact) mass is 303 g/mol. The van der Waals surface area contributed by atoms with Gasteiger partial charge in [-0.3, -0.25) is 4.90 Å². The van der Waals surface area contributed by atoms with E-state index in [0.717, 1.165) is 11.3 Å². The minimum atomic E-state index is -0.388. The number of aliphatic hydroxyl groups excluding tert-OH is 1. The minimum absolute atomic E-state index is 0.0551. The smallest absolute Gasteiger partial charge is 0.233 e. The molecule has 0 aliphatic carbocycles. The van der Waals surface area contributed by atoms with Crippen LogP contribution in [0.4, 0.5) is 4.39 Å². The fourth-order valence-electron chi connectivity index (χ4n) is 2.83. The molecule has 1 saturated heterocycles. The lowest BCUT2D eigenvalue weighted by Crippen LogP contribution is -2.25. The lowest BCUT2D eigenvalue weighted by Gasteiger charge is -2.23. The maximum Gasteiger partial charge on any atom is 0.233 e. The molecule has 1 N–H and O–H groups in total. The quantitative estimate of drug-likeness (QED) is 0.935. The highest BCUT2D eigenvalue weighted by molar-refractivity contribution is 5.22. The molecule has 2 heterocycles. The van der Waals surface area contributed by atoms with Gasteiger partial charge in [0.05, 0.1) is 18.9 Å². The van der Waals surface area contributed by atoms with Crippen molar-refractivity contribution in [1.82, 2.24) is 15.1 Å². The van der Waals surface area contributed by atoms with Crippen LogP contribution in [0.5, 0.6) is 5.88 Å². The van der Waals surface area contributed by atoms with E-state index < -0.39 is 0 Å². The molecule has 0 radical (unpaired) electrons. The first kappa shape index (κ1) is 14.9. The van der Waals surface area contributed by atoms with Gasteiger partial charge in [0.2, 0.25) is 5.88 Å². The van der Waals surface area contributed by atoms with E-state index in [9.17, 15) is 9.50 Å². The standard InChI is InChI=1S/C16H18FN3O2/c1-22-16-7-6-13(18-19-16)9-20-10-14(21)8-15(20)11-2-4-12(17)5-3-11/h2-7,14-15,21H,8-10H2,1H3/t14-,15+/m1/s1. The number of aromatic nitrogens is 2. The van der Waals surface area contributed by atoms with Gasteiger partial charge in [-0.15, -0.1) is 5.10 Å². The van der Waals surface area contributed by atoms with Crippen LogP contribution in [-0.4, -0.2) is 40.0 Å². The van der Waals surface area contributed by atoms with Gasteiger partial charge in [0, 0.05) is 25.2 Å². The first-order valence-corrected chi connectivity index (χ1v) is 7.20. The number of benzene rings is 1. The summed E-state index contributed by atoms with van der Waals surface area (Å²) in [5, 5.41) is 18.1. The van der Waals surface area contributed by atoms with Crippen LogP contribution in [0.1, 0.15) is 23.7 Å². The first-order chi connectivity index (χ1) is 10.7. The van der Waals surface area contributed by atoms with Crippen LogP contribution in [0.2, 0.25) is 0 Å². The van der Waals surface area contributed by atoms with E-state index in [4.69, 9.17) is 4.74 Å². The normalized spacial score (nSPS) is 22.0. The molecule has 6 heteroatoms. The molecular formula is C16H18FN3O2. The van der Waals surface area contributed by atoms with Crippen molar-refractivity contribution >= 4 is 0 Å². The molecule has 22 heavy (non-hydrogen) atoms. The highest BCUT2D eigenvalue weighted by Crippen LogP contribution is 2.33. The number of β-amino-alcohol motifs (C(OH)–C–C–N with tert-alkyl or cyclic N) is 1. The zero-order chi connectivity index (χ0) is 15.5. The third-order valence-electron chi connectivity index (χ3n) is 3.91. The highest BCUT2D eigenvalue weighted by Gasteiger charge is 2.32. The van der Waals surface area contributed by atoms with Crippen molar-refractivity contribution in [1.29, 1.82) is 0 Å². The number of nitrogens with zero attached hydrogens (tertiary/aromatic N) is 3. The van der Waals surface area contributed by atoms with Crippen molar-refractivity contribution < 1.29 is 14.2 Å². The van der Waals surface area contributed by atoms with E-state index in [2.05, 4.69) is 15.1 Å². The lowest BCUT2D eigenvalue weighted by molar-refractivity contribution is 0.172. The highest BCUT2D eigenvalue weighted by atomic mass is 19.1. The second-order valence-corrected chi connectivity index (χ2v) is 5.45. The summed E-state index contributed by atoms with van der Waals surface area (Å²) >= 11 is 0. The molecule has 116 valence electrons. The Morgan fingerprint density at radius 3 is 2.64 bits per heavy atom. The molecule has 2 atom stereocenters. The zero-order valence-electron chi connectivity index (χ0n) is 12.3. The minimum Gasteiger partial charge on any atom is -0.480 e. The summed E-state index contributed by atoms with van der Waals surface area (Å²) in [5.41, 5.74) is 1.81. The number of halogens is 1. The lowest BCUT2D eigenvalue weighted by atomic mass is 10.0. The van der Waals surface area contributed by atoms with Gasteiger partial charge < -0.3 is 9.84 Å².